The number of halogens is 1. The van der Waals surface area contributed by atoms with E-state index in [0.29, 0.717) is 11.3 Å². The second-order valence-electron chi connectivity index (χ2n) is 5.03. The molecular weight excluding hydrogens is 303 g/mol. The maximum atomic E-state index is 13.1. The van der Waals surface area contributed by atoms with Gasteiger partial charge in [0.15, 0.2) is 0 Å². The van der Waals surface area contributed by atoms with Crippen molar-refractivity contribution in [1.29, 1.82) is 0 Å². The Morgan fingerprint density at radius 2 is 2.26 bits per heavy atom. The van der Waals surface area contributed by atoms with Gasteiger partial charge in [-0.15, -0.1) is 0 Å². The fourth-order valence-electron chi connectivity index (χ4n) is 2.18. The van der Waals surface area contributed by atoms with Crippen molar-refractivity contribution in [3.05, 3.63) is 58.0 Å². The molecule has 1 amide bonds. The van der Waals surface area contributed by atoms with Crippen molar-refractivity contribution in [3.63, 3.8) is 0 Å². The van der Waals surface area contributed by atoms with Gasteiger partial charge < -0.3 is 9.84 Å². The minimum atomic E-state index is -0.394. The molecule has 2 heterocycles. The highest BCUT2D eigenvalue weighted by molar-refractivity contribution is 5.77. The number of carbonyl (C=O) groups excluding carboxylic acids is 1. The molecule has 118 valence electrons. The topological polar surface area (TPSA) is 90.0 Å². The molecular formula is C15H13FN4O3. The Balaban J connectivity index is 1.72. The van der Waals surface area contributed by atoms with Gasteiger partial charge in [0.2, 0.25) is 5.91 Å². The third-order valence-corrected chi connectivity index (χ3v) is 3.33. The van der Waals surface area contributed by atoms with Crippen LogP contribution in [0.15, 0.2) is 39.9 Å². The van der Waals surface area contributed by atoms with Gasteiger partial charge in [-0.25, -0.2) is 9.37 Å². The van der Waals surface area contributed by atoms with Crippen molar-refractivity contribution >= 4 is 17.0 Å². The molecule has 0 aliphatic heterocycles. The van der Waals surface area contributed by atoms with Gasteiger partial charge in [-0.2, -0.15) is 0 Å². The predicted molar refractivity (Wildman–Crippen MR) is 79.0 cm³/mol. The third-order valence-electron chi connectivity index (χ3n) is 3.33. The molecule has 0 radical (unpaired) electrons. The molecule has 0 saturated carbocycles. The van der Waals surface area contributed by atoms with Crippen LogP contribution in [0.4, 0.5) is 4.39 Å². The molecule has 0 spiro atoms. The summed E-state index contributed by atoms with van der Waals surface area (Å²) in [6.07, 6.45) is 1.23. The molecule has 0 aliphatic carbocycles. The van der Waals surface area contributed by atoms with Gasteiger partial charge in [0.1, 0.15) is 24.1 Å². The molecule has 7 nitrogen and oxygen atoms in total. The maximum absolute atomic E-state index is 13.1. The monoisotopic (exact) mass is 316 g/mol. The van der Waals surface area contributed by atoms with Crippen molar-refractivity contribution in [2.45, 2.75) is 20.0 Å². The average Bonchev–Trinajstić information content (AvgIpc) is 2.90. The lowest BCUT2D eigenvalue weighted by Gasteiger charge is -2.07. The van der Waals surface area contributed by atoms with E-state index in [1.165, 1.54) is 23.0 Å². The maximum Gasteiger partial charge on any atom is 0.267 e. The number of amides is 1. The van der Waals surface area contributed by atoms with Gasteiger partial charge >= 0.3 is 0 Å². The van der Waals surface area contributed by atoms with E-state index in [4.69, 9.17) is 4.52 Å². The Labute approximate surface area is 129 Å². The van der Waals surface area contributed by atoms with Crippen LogP contribution in [0, 0.1) is 12.7 Å². The first-order valence-electron chi connectivity index (χ1n) is 6.87. The average molecular weight is 316 g/mol. The van der Waals surface area contributed by atoms with Crippen molar-refractivity contribution < 1.29 is 13.7 Å². The van der Waals surface area contributed by atoms with Crippen LogP contribution >= 0.6 is 0 Å². The molecule has 0 aliphatic rings. The zero-order valence-corrected chi connectivity index (χ0v) is 12.2. The van der Waals surface area contributed by atoms with E-state index in [9.17, 15) is 14.0 Å². The molecule has 3 aromatic rings. The first-order valence-corrected chi connectivity index (χ1v) is 6.87. The van der Waals surface area contributed by atoms with Crippen LogP contribution in [0.3, 0.4) is 0 Å². The summed E-state index contributed by atoms with van der Waals surface area (Å²) in [4.78, 5) is 28.2. The van der Waals surface area contributed by atoms with Gasteiger partial charge in [0.25, 0.3) is 11.3 Å². The highest BCUT2D eigenvalue weighted by atomic mass is 19.1. The molecule has 0 atom stereocenters. The zero-order valence-electron chi connectivity index (χ0n) is 12.2. The molecule has 0 saturated heterocycles. The van der Waals surface area contributed by atoms with Crippen LogP contribution in [-0.2, 0) is 17.9 Å². The first-order chi connectivity index (χ1) is 11.0. The van der Waals surface area contributed by atoms with E-state index in [-0.39, 0.29) is 35.9 Å². The van der Waals surface area contributed by atoms with Crippen LogP contribution in [0.5, 0.6) is 0 Å². The van der Waals surface area contributed by atoms with E-state index in [1.54, 1.807) is 19.1 Å². The van der Waals surface area contributed by atoms with Crippen LogP contribution in [0.25, 0.3) is 11.1 Å². The lowest BCUT2D eigenvalue weighted by Crippen LogP contribution is -2.32. The van der Waals surface area contributed by atoms with Crippen molar-refractivity contribution in [1.82, 2.24) is 20.0 Å². The van der Waals surface area contributed by atoms with Gasteiger partial charge in [0, 0.05) is 6.54 Å². The van der Waals surface area contributed by atoms with Crippen LogP contribution in [0.1, 0.15) is 11.3 Å². The molecule has 23 heavy (non-hydrogen) atoms. The lowest BCUT2D eigenvalue weighted by atomic mass is 10.2. The zero-order chi connectivity index (χ0) is 16.4. The number of fused-ring (bicyclic) bond motifs is 1. The fraction of sp³-hybridized carbons (Fsp3) is 0.200. The number of aromatic nitrogens is 3. The molecule has 0 fully saturated rings. The second-order valence-corrected chi connectivity index (χ2v) is 5.03. The molecule has 1 aromatic carbocycles. The quantitative estimate of drug-likeness (QED) is 0.780. The Kier molecular flexibility index (Phi) is 3.88. The van der Waals surface area contributed by atoms with Gasteiger partial charge in [-0.3, -0.25) is 14.2 Å². The standard InChI is InChI=1S/C15H13FN4O3/c1-9-13-14(23-19-9)18-8-20(15(13)22)7-12(21)17-6-10-3-2-4-11(16)5-10/h2-5,8H,6-7H2,1H3,(H,17,21). The number of nitrogens with one attached hydrogen (secondary N) is 1. The van der Waals surface area contributed by atoms with E-state index < -0.39 is 5.56 Å². The predicted octanol–water partition coefficient (Wildman–Crippen LogP) is 1.15. The number of hydrogen-bond acceptors (Lipinski definition) is 5. The Morgan fingerprint density at radius 1 is 1.43 bits per heavy atom. The van der Waals surface area contributed by atoms with E-state index in [0.717, 1.165) is 0 Å². The first kappa shape index (κ1) is 14.9. The number of aryl methyl sites for hydroxylation is 1. The number of nitrogens with zero attached hydrogens (tertiary/aromatic N) is 3. The lowest BCUT2D eigenvalue weighted by molar-refractivity contribution is -0.121. The fourth-order valence-corrected chi connectivity index (χ4v) is 2.18. The minimum Gasteiger partial charge on any atom is -0.350 e. The Hall–Kier alpha value is -3.03. The van der Waals surface area contributed by atoms with E-state index >= 15 is 0 Å². The van der Waals surface area contributed by atoms with Gasteiger partial charge in [-0.1, -0.05) is 17.3 Å². The normalized spacial score (nSPS) is 10.9. The highest BCUT2D eigenvalue weighted by Gasteiger charge is 2.13. The smallest absolute Gasteiger partial charge is 0.267 e. The number of benzene rings is 1. The van der Waals surface area contributed by atoms with Gasteiger partial charge in [-0.05, 0) is 24.6 Å². The molecule has 8 heteroatoms. The second kappa shape index (κ2) is 5.99. The van der Waals surface area contributed by atoms with E-state index in [2.05, 4.69) is 15.5 Å². The van der Waals surface area contributed by atoms with Crippen LogP contribution < -0.4 is 10.9 Å². The van der Waals surface area contributed by atoms with Crippen LogP contribution in [-0.4, -0.2) is 20.6 Å². The third kappa shape index (κ3) is 3.10. The summed E-state index contributed by atoms with van der Waals surface area (Å²) in [7, 11) is 0. The summed E-state index contributed by atoms with van der Waals surface area (Å²) >= 11 is 0. The summed E-state index contributed by atoms with van der Waals surface area (Å²) < 4.78 is 19.1. The Morgan fingerprint density at radius 3 is 3.04 bits per heavy atom. The molecule has 0 bridgehead atoms. The minimum absolute atomic E-state index is 0.143. The van der Waals surface area contributed by atoms with Gasteiger partial charge in [0.05, 0.1) is 5.69 Å². The van der Waals surface area contributed by atoms with Crippen molar-refractivity contribution in [3.8, 4) is 0 Å². The van der Waals surface area contributed by atoms with Crippen molar-refractivity contribution in [2.75, 3.05) is 0 Å². The highest BCUT2D eigenvalue weighted by Crippen LogP contribution is 2.09. The SMILES string of the molecule is Cc1noc2ncn(CC(=O)NCc3cccc(F)c3)c(=O)c12. The number of hydrogen-bond donors (Lipinski definition) is 1. The summed E-state index contributed by atoms with van der Waals surface area (Å²) in [5.41, 5.74) is 0.805. The largest absolute Gasteiger partial charge is 0.350 e. The molecule has 0 unspecified atom stereocenters. The molecule has 1 N–H and O–H groups in total. The Bertz CT molecular complexity index is 932. The summed E-state index contributed by atoms with van der Waals surface area (Å²) in [5, 5.41) is 6.56. The molecule has 2 aromatic heterocycles. The van der Waals surface area contributed by atoms with E-state index in [1.807, 2.05) is 0 Å². The number of rotatable bonds is 4. The summed E-state index contributed by atoms with van der Waals surface area (Å²) in [6, 6.07) is 5.92. The van der Waals surface area contributed by atoms with Crippen LogP contribution in [0.2, 0.25) is 0 Å². The summed E-state index contributed by atoms with van der Waals surface area (Å²) in [6.45, 7) is 1.61. The summed E-state index contributed by atoms with van der Waals surface area (Å²) in [5.74, 6) is -0.753. The molecule has 3 rings (SSSR count). The number of carbonyl (C=O) groups is 1. The van der Waals surface area contributed by atoms with Crippen molar-refractivity contribution in [2.24, 2.45) is 0 Å².